The Kier molecular flexibility index (Phi) is 6.21. The zero-order valence-electron chi connectivity index (χ0n) is 25.1. The van der Waals surface area contributed by atoms with Crippen LogP contribution in [0.15, 0.2) is 54.0 Å². The van der Waals surface area contributed by atoms with Crippen molar-refractivity contribution < 1.29 is 9.53 Å². The molecule has 1 aliphatic carbocycles. The van der Waals surface area contributed by atoms with Crippen molar-refractivity contribution in [2.45, 2.75) is 64.1 Å². The van der Waals surface area contributed by atoms with Gasteiger partial charge in [-0.3, -0.25) is 14.5 Å². The van der Waals surface area contributed by atoms with Crippen LogP contribution >= 0.6 is 0 Å². The maximum Gasteiger partial charge on any atom is 0.278 e. The van der Waals surface area contributed by atoms with E-state index in [1.807, 2.05) is 6.92 Å². The van der Waals surface area contributed by atoms with Crippen LogP contribution in [0.5, 0.6) is 5.75 Å². The molecule has 3 aromatic heterocycles. The number of hydrogen-bond acceptors (Lipinski definition) is 8. The van der Waals surface area contributed by atoms with Crippen molar-refractivity contribution in [3.05, 3.63) is 70.7 Å². The van der Waals surface area contributed by atoms with Crippen molar-refractivity contribution >= 4 is 34.4 Å². The van der Waals surface area contributed by atoms with Gasteiger partial charge in [0, 0.05) is 36.9 Å². The molecule has 1 saturated carbocycles. The predicted octanol–water partition coefficient (Wildman–Crippen LogP) is 4.30. The SMILES string of the molecule is C=CCn1c(=O)c2cnc(Nc3ccc4c(c3)CN(C)CC43CC3)nc2n1-c1ccc2c(n1)N(CCC)C(=O)C(C)(C)O2. The predicted molar refractivity (Wildman–Crippen MR) is 165 cm³/mol. The van der Waals surface area contributed by atoms with Crippen molar-refractivity contribution in [1.82, 2.24) is 29.2 Å². The highest BCUT2D eigenvalue weighted by Crippen LogP contribution is 2.52. The molecular weight excluding hydrogens is 544 g/mol. The summed E-state index contributed by atoms with van der Waals surface area (Å²) in [6, 6.07) is 10.1. The number of nitrogens with one attached hydrogen (secondary N) is 1. The molecule has 0 atom stereocenters. The quantitative estimate of drug-likeness (QED) is 0.322. The molecular formula is C32H36N8O3. The lowest BCUT2D eigenvalue weighted by molar-refractivity contribution is -0.132. The smallest absolute Gasteiger partial charge is 0.278 e. The number of allylic oxidation sites excluding steroid dienone is 1. The van der Waals surface area contributed by atoms with Gasteiger partial charge < -0.3 is 15.0 Å². The molecule has 0 radical (unpaired) electrons. The van der Waals surface area contributed by atoms with Crippen LogP contribution in [0, 0.1) is 0 Å². The van der Waals surface area contributed by atoms with Gasteiger partial charge in [0.25, 0.3) is 11.5 Å². The Morgan fingerprint density at radius 2 is 1.95 bits per heavy atom. The number of fused-ring (bicyclic) bond motifs is 4. The first-order valence-electron chi connectivity index (χ1n) is 14.8. The lowest BCUT2D eigenvalue weighted by Gasteiger charge is -2.38. The Bertz CT molecular complexity index is 1850. The van der Waals surface area contributed by atoms with Crippen LogP contribution in [0.1, 0.15) is 51.2 Å². The summed E-state index contributed by atoms with van der Waals surface area (Å²) in [6.07, 6.45) is 6.42. The van der Waals surface area contributed by atoms with E-state index in [1.165, 1.54) is 28.7 Å². The van der Waals surface area contributed by atoms with Crippen LogP contribution < -0.4 is 20.5 Å². The third-order valence-electron chi connectivity index (χ3n) is 8.65. The maximum atomic E-state index is 13.5. The molecule has 11 heteroatoms. The summed E-state index contributed by atoms with van der Waals surface area (Å²) in [5, 5.41) is 3.71. The molecule has 7 rings (SSSR count). The number of likely N-dealkylation sites (N-methyl/N-ethyl adjacent to an activating group) is 1. The van der Waals surface area contributed by atoms with E-state index < -0.39 is 5.60 Å². The van der Waals surface area contributed by atoms with Gasteiger partial charge in [0.15, 0.2) is 28.6 Å². The summed E-state index contributed by atoms with van der Waals surface area (Å²) in [5.74, 6) is 1.57. The van der Waals surface area contributed by atoms with Crippen LogP contribution in [-0.2, 0) is 23.3 Å². The number of nitrogens with zero attached hydrogens (tertiary/aromatic N) is 7. The van der Waals surface area contributed by atoms with E-state index in [0.29, 0.717) is 46.3 Å². The van der Waals surface area contributed by atoms with Crippen molar-refractivity contribution in [1.29, 1.82) is 0 Å². The second-order valence-corrected chi connectivity index (χ2v) is 12.4. The largest absolute Gasteiger partial charge is 0.474 e. The number of aromatic nitrogens is 5. The molecule has 1 aromatic carbocycles. The monoisotopic (exact) mass is 580 g/mol. The highest BCUT2D eigenvalue weighted by atomic mass is 16.5. The van der Waals surface area contributed by atoms with E-state index in [9.17, 15) is 9.59 Å². The Balaban J connectivity index is 1.31. The molecule has 5 heterocycles. The number of carbonyl (C=O) groups excluding carboxylic acids is 1. The Hall–Kier alpha value is -4.51. The van der Waals surface area contributed by atoms with Crippen molar-refractivity contribution in [3.8, 4) is 11.6 Å². The lowest BCUT2D eigenvalue weighted by atomic mass is 9.87. The first kappa shape index (κ1) is 27.3. The fraction of sp³-hybridized carbons (Fsp3) is 0.406. The van der Waals surface area contributed by atoms with E-state index in [-0.39, 0.29) is 18.0 Å². The van der Waals surface area contributed by atoms with Gasteiger partial charge in [-0.2, -0.15) is 4.98 Å². The molecule has 4 aromatic rings. The van der Waals surface area contributed by atoms with Crippen molar-refractivity contribution in [3.63, 3.8) is 0 Å². The summed E-state index contributed by atoms with van der Waals surface area (Å²) < 4.78 is 9.22. The molecule has 11 nitrogen and oxygen atoms in total. The first-order valence-corrected chi connectivity index (χ1v) is 14.8. The minimum Gasteiger partial charge on any atom is -0.474 e. The Morgan fingerprint density at radius 3 is 2.70 bits per heavy atom. The van der Waals surface area contributed by atoms with Crippen LogP contribution in [0.3, 0.4) is 0 Å². The molecule has 0 saturated heterocycles. The molecule has 222 valence electrons. The Labute approximate surface area is 249 Å². The van der Waals surface area contributed by atoms with Crippen LogP contribution in [0.4, 0.5) is 17.5 Å². The summed E-state index contributed by atoms with van der Waals surface area (Å²) in [4.78, 5) is 45.0. The number of benzene rings is 1. The number of hydrogen-bond donors (Lipinski definition) is 1. The molecule has 43 heavy (non-hydrogen) atoms. The first-order chi connectivity index (χ1) is 20.6. The van der Waals surface area contributed by atoms with Gasteiger partial charge in [-0.15, -0.1) is 6.58 Å². The van der Waals surface area contributed by atoms with E-state index in [1.54, 1.807) is 47.8 Å². The van der Waals surface area contributed by atoms with E-state index in [4.69, 9.17) is 14.7 Å². The minimum absolute atomic E-state index is 0.162. The Morgan fingerprint density at radius 1 is 1.14 bits per heavy atom. The third-order valence-corrected chi connectivity index (χ3v) is 8.65. The average Bonchev–Trinajstić information content (AvgIpc) is 3.68. The van der Waals surface area contributed by atoms with Crippen LogP contribution in [-0.4, -0.2) is 60.9 Å². The zero-order chi connectivity index (χ0) is 30.1. The zero-order valence-corrected chi connectivity index (χ0v) is 25.1. The van der Waals surface area contributed by atoms with Crippen molar-refractivity contribution in [2.75, 3.05) is 30.4 Å². The molecule has 3 aliphatic rings. The highest BCUT2D eigenvalue weighted by molar-refractivity contribution is 6.01. The summed E-state index contributed by atoms with van der Waals surface area (Å²) >= 11 is 0. The molecule has 0 unspecified atom stereocenters. The maximum absolute atomic E-state index is 13.5. The van der Waals surface area contributed by atoms with Crippen molar-refractivity contribution in [2.24, 2.45) is 0 Å². The van der Waals surface area contributed by atoms with E-state index in [0.717, 1.165) is 25.2 Å². The number of rotatable bonds is 7. The summed E-state index contributed by atoms with van der Waals surface area (Å²) in [6.45, 7) is 12.1. The van der Waals surface area contributed by atoms with Gasteiger partial charge >= 0.3 is 0 Å². The van der Waals surface area contributed by atoms with Gasteiger partial charge in [0.05, 0.1) is 6.54 Å². The topological polar surface area (TPSA) is 110 Å². The van der Waals surface area contributed by atoms with Gasteiger partial charge in [0.2, 0.25) is 5.95 Å². The van der Waals surface area contributed by atoms with Crippen LogP contribution in [0.2, 0.25) is 0 Å². The molecule has 1 N–H and O–H groups in total. The van der Waals surface area contributed by atoms with Crippen LogP contribution in [0.25, 0.3) is 16.9 Å². The minimum atomic E-state index is -1.00. The van der Waals surface area contributed by atoms with E-state index >= 15 is 0 Å². The average molecular weight is 581 g/mol. The molecule has 1 spiro atoms. The highest BCUT2D eigenvalue weighted by Gasteiger charge is 2.48. The fourth-order valence-corrected chi connectivity index (χ4v) is 6.57. The van der Waals surface area contributed by atoms with E-state index in [2.05, 4.69) is 47.0 Å². The van der Waals surface area contributed by atoms with Gasteiger partial charge in [-0.25, -0.2) is 19.3 Å². The molecule has 0 bridgehead atoms. The standard InChI is InChI=1S/C32H36N8O3/c1-6-14-38-27-24(43-31(3,4)29(38)42)10-11-25(35-27)40-26-22(28(41)39(40)15-7-2)17-33-30(36-26)34-21-8-9-23-20(16-21)18-37(5)19-32(23)12-13-32/h7-11,16-17H,2,6,12-15,18-19H2,1,3-5H3,(H,33,34,36). The number of ether oxygens (including phenoxy) is 1. The van der Waals surface area contributed by atoms with Gasteiger partial charge in [-0.05, 0) is 75.5 Å². The summed E-state index contributed by atoms with van der Waals surface area (Å²) in [7, 11) is 2.17. The van der Waals surface area contributed by atoms with Gasteiger partial charge in [-0.1, -0.05) is 19.1 Å². The normalized spacial score (nSPS) is 18.3. The molecule has 1 fully saturated rings. The van der Waals surface area contributed by atoms with Gasteiger partial charge in [0.1, 0.15) is 5.39 Å². The number of amides is 1. The molecule has 1 amide bonds. The summed E-state index contributed by atoms with van der Waals surface area (Å²) in [5.41, 5.74) is 3.11. The third kappa shape index (κ3) is 4.41. The fourth-order valence-electron chi connectivity index (χ4n) is 6.57. The lowest BCUT2D eigenvalue weighted by Crippen LogP contribution is -2.53. The number of carbonyl (C=O) groups is 1. The number of anilines is 3. The molecule has 2 aliphatic heterocycles. The second-order valence-electron chi connectivity index (χ2n) is 12.4. The second kappa shape index (κ2) is 9.77. The number of pyridine rings is 1.